The molecule has 2 atom stereocenters. The number of urea groups is 1. The second kappa shape index (κ2) is 10.6. The quantitative estimate of drug-likeness (QED) is 0.626. The molecule has 1 aromatic heterocycles. The molecule has 37 heavy (non-hydrogen) atoms. The molecule has 5 rings (SSSR count). The Labute approximate surface area is 214 Å². The largest absolute Gasteiger partial charge is 0.489 e. The van der Waals surface area contributed by atoms with E-state index in [0.717, 1.165) is 5.56 Å². The van der Waals surface area contributed by atoms with Crippen molar-refractivity contribution in [2.24, 2.45) is 0 Å². The lowest BCUT2D eigenvalue weighted by Gasteiger charge is -2.28. The Balaban J connectivity index is 1.16. The summed E-state index contributed by atoms with van der Waals surface area (Å²) in [6.45, 7) is 4.84. The second-order valence-corrected chi connectivity index (χ2v) is 9.81. The van der Waals surface area contributed by atoms with Crippen molar-refractivity contribution in [1.29, 1.82) is 0 Å². The summed E-state index contributed by atoms with van der Waals surface area (Å²) in [5, 5.41) is 3.02. The normalized spacial score (nSPS) is 22.3. The monoisotopic (exact) mass is 519 g/mol. The smallest absolute Gasteiger partial charge is 0.318 e. The predicted molar refractivity (Wildman–Crippen MR) is 133 cm³/mol. The first-order valence-corrected chi connectivity index (χ1v) is 12.7. The molecule has 3 aliphatic heterocycles. The summed E-state index contributed by atoms with van der Waals surface area (Å²) in [7, 11) is 0. The van der Waals surface area contributed by atoms with Crippen LogP contribution in [0.3, 0.4) is 0 Å². The van der Waals surface area contributed by atoms with Gasteiger partial charge >= 0.3 is 6.03 Å². The van der Waals surface area contributed by atoms with Crippen molar-refractivity contribution in [2.45, 2.75) is 37.8 Å². The van der Waals surface area contributed by atoms with Gasteiger partial charge in [-0.05, 0) is 30.7 Å². The Hall–Kier alpha value is -3.21. The fourth-order valence-corrected chi connectivity index (χ4v) is 5.00. The van der Waals surface area contributed by atoms with Crippen molar-refractivity contribution < 1.29 is 27.4 Å². The van der Waals surface area contributed by atoms with E-state index in [0.29, 0.717) is 57.3 Å². The number of rotatable bonds is 6. The minimum Gasteiger partial charge on any atom is -0.489 e. The Morgan fingerprint density at radius 1 is 1.14 bits per heavy atom. The van der Waals surface area contributed by atoms with Crippen LogP contribution in [0.1, 0.15) is 31.4 Å². The maximum absolute atomic E-state index is 15.2. The number of nitrogens with zero attached hydrogens (tertiary/aromatic N) is 4. The molecule has 11 heteroatoms. The fraction of sp³-hybridized carbons (Fsp3) is 0.538. The van der Waals surface area contributed by atoms with E-state index in [-0.39, 0.29) is 37.0 Å². The SMILES string of the molecule is C[C@H](NC(=O)N1CCOCC1)c1ccc(OC2CCN(c3ccnc(N4CCC(F)(F)C4)c3F)C2)cc1. The van der Waals surface area contributed by atoms with E-state index in [9.17, 15) is 13.6 Å². The molecule has 3 aliphatic rings. The van der Waals surface area contributed by atoms with E-state index >= 15 is 4.39 Å². The van der Waals surface area contributed by atoms with Gasteiger partial charge < -0.3 is 29.5 Å². The number of amides is 2. The van der Waals surface area contributed by atoms with Crippen molar-refractivity contribution in [3.63, 3.8) is 0 Å². The second-order valence-electron chi connectivity index (χ2n) is 9.81. The van der Waals surface area contributed by atoms with Gasteiger partial charge in [-0.1, -0.05) is 12.1 Å². The number of hydrogen-bond acceptors (Lipinski definition) is 6. The van der Waals surface area contributed by atoms with Crippen LogP contribution in [-0.2, 0) is 4.74 Å². The molecule has 0 radical (unpaired) electrons. The molecule has 4 heterocycles. The van der Waals surface area contributed by atoms with E-state index in [2.05, 4.69) is 10.3 Å². The molecule has 1 N–H and O–H groups in total. The van der Waals surface area contributed by atoms with Crippen molar-refractivity contribution in [3.8, 4) is 5.75 Å². The van der Waals surface area contributed by atoms with Gasteiger partial charge in [-0.3, -0.25) is 0 Å². The topological polar surface area (TPSA) is 70.2 Å². The third kappa shape index (κ3) is 5.87. The number of ether oxygens (including phenoxy) is 2. The van der Waals surface area contributed by atoms with E-state index in [1.54, 1.807) is 11.0 Å². The lowest BCUT2D eigenvalue weighted by Crippen LogP contribution is -2.46. The van der Waals surface area contributed by atoms with Crippen LogP contribution in [0.15, 0.2) is 36.5 Å². The molecule has 2 amide bonds. The Kier molecular flexibility index (Phi) is 7.32. The minimum absolute atomic E-state index is 0.0236. The third-order valence-electron chi connectivity index (χ3n) is 7.13. The highest BCUT2D eigenvalue weighted by Crippen LogP contribution is 2.35. The molecule has 3 fully saturated rings. The number of halogens is 3. The van der Waals surface area contributed by atoms with Gasteiger partial charge in [-0.15, -0.1) is 0 Å². The molecule has 0 bridgehead atoms. The van der Waals surface area contributed by atoms with Crippen molar-refractivity contribution >= 4 is 17.5 Å². The summed E-state index contributed by atoms with van der Waals surface area (Å²) >= 11 is 0. The highest BCUT2D eigenvalue weighted by molar-refractivity contribution is 5.74. The average molecular weight is 520 g/mol. The van der Waals surface area contributed by atoms with Crippen LogP contribution in [0.25, 0.3) is 0 Å². The zero-order valence-electron chi connectivity index (χ0n) is 20.8. The number of carbonyl (C=O) groups is 1. The summed E-state index contributed by atoms with van der Waals surface area (Å²) in [5.74, 6) is -2.72. The first kappa shape index (κ1) is 25.4. The van der Waals surface area contributed by atoms with Crippen LogP contribution in [0.5, 0.6) is 5.75 Å². The van der Waals surface area contributed by atoms with E-state index in [4.69, 9.17) is 9.47 Å². The van der Waals surface area contributed by atoms with Gasteiger partial charge in [0.05, 0.1) is 38.0 Å². The molecular weight excluding hydrogens is 487 g/mol. The van der Waals surface area contributed by atoms with Gasteiger partial charge in [0.25, 0.3) is 5.92 Å². The maximum Gasteiger partial charge on any atom is 0.318 e. The number of carbonyl (C=O) groups excluding carboxylic acids is 1. The Morgan fingerprint density at radius 2 is 1.89 bits per heavy atom. The van der Waals surface area contributed by atoms with Crippen LogP contribution < -0.4 is 19.9 Å². The highest BCUT2D eigenvalue weighted by atomic mass is 19.3. The number of benzene rings is 1. The summed E-state index contributed by atoms with van der Waals surface area (Å²) < 4.78 is 53.9. The van der Waals surface area contributed by atoms with Gasteiger partial charge in [0.2, 0.25) is 0 Å². The lowest BCUT2D eigenvalue weighted by molar-refractivity contribution is 0.0256. The van der Waals surface area contributed by atoms with Crippen LogP contribution in [0.2, 0.25) is 0 Å². The first-order chi connectivity index (χ1) is 17.8. The number of alkyl halides is 2. The molecule has 8 nitrogen and oxygen atoms in total. The number of pyridine rings is 1. The Morgan fingerprint density at radius 3 is 2.59 bits per heavy atom. The zero-order chi connectivity index (χ0) is 26.0. The van der Waals surface area contributed by atoms with Gasteiger partial charge in [0.1, 0.15) is 11.9 Å². The summed E-state index contributed by atoms with van der Waals surface area (Å²) in [6, 6.07) is 8.90. The third-order valence-corrected chi connectivity index (χ3v) is 7.13. The molecule has 1 unspecified atom stereocenters. The van der Waals surface area contributed by atoms with Crippen molar-refractivity contribution in [1.82, 2.24) is 15.2 Å². The van der Waals surface area contributed by atoms with Gasteiger partial charge in [-0.2, -0.15) is 0 Å². The molecule has 1 aromatic carbocycles. The minimum atomic E-state index is -2.82. The van der Waals surface area contributed by atoms with Crippen LogP contribution >= 0.6 is 0 Å². The number of anilines is 2. The van der Waals surface area contributed by atoms with Crippen LogP contribution in [0, 0.1) is 5.82 Å². The molecular formula is C26H32F3N5O3. The summed E-state index contributed by atoms with van der Waals surface area (Å²) in [5.41, 5.74) is 1.31. The molecule has 0 spiro atoms. The van der Waals surface area contributed by atoms with E-state index < -0.39 is 18.3 Å². The standard InChI is InChI=1S/C26H32F3N5O3/c1-18(31-25(35)32-12-14-36-15-13-32)19-2-4-20(5-3-19)37-21-7-10-33(16-21)22-6-9-30-24(23(22)27)34-11-8-26(28,29)17-34/h2-6,9,18,21H,7-8,10-17H2,1H3,(H,31,35)/t18-,21?/m0/s1. The molecule has 0 saturated carbocycles. The number of aromatic nitrogens is 1. The Bertz CT molecular complexity index is 1100. The highest BCUT2D eigenvalue weighted by Gasteiger charge is 2.40. The van der Waals surface area contributed by atoms with Crippen molar-refractivity contribution in [3.05, 3.63) is 47.9 Å². The van der Waals surface area contributed by atoms with E-state index in [1.807, 2.05) is 36.1 Å². The summed E-state index contributed by atoms with van der Waals surface area (Å²) in [6.07, 6.45) is 1.73. The predicted octanol–water partition coefficient (Wildman–Crippen LogP) is 3.83. The number of morpholine rings is 1. The fourth-order valence-electron chi connectivity index (χ4n) is 5.00. The zero-order valence-corrected chi connectivity index (χ0v) is 20.8. The summed E-state index contributed by atoms with van der Waals surface area (Å²) in [4.78, 5) is 21.4. The van der Waals surface area contributed by atoms with Crippen LogP contribution in [0.4, 0.5) is 29.5 Å². The van der Waals surface area contributed by atoms with Gasteiger partial charge in [0, 0.05) is 45.2 Å². The first-order valence-electron chi connectivity index (χ1n) is 12.7. The average Bonchev–Trinajstić information content (AvgIpc) is 3.50. The lowest BCUT2D eigenvalue weighted by atomic mass is 10.1. The molecule has 0 aliphatic carbocycles. The van der Waals surface area contributed by atoms with Gasteiger partial charge in [0.15, 0.2) is 11.6 Å². The number of nitrogens with one attached hydrogen (secondary N) is 1. The molecule has 200 valence electrons. The maximum atomic E-state index is 15.2. The number of hydrogen-bond donors (Lipinski definition) is 1. The molecule has 3 saturated heterocycles. The molecule has 2 aromatic rings. The van der Waals surface area contributed by atoms with Crippen LogP contribution in [-0.4, -0.2) is 80.4 Å². The van der Waals surface area contributed by atoms with Crippen molar-refractivity contribution in [2.75, 3.05) is 62.3 Å². The van der Waals surface area contributed by atoms with E-state index in [1.165, 1.54) is 11.1 Å². The van der Waals surface area contributed by atoms with Gasteiger partial charge in [-0.25, -0.2) is 22.9 Å².